The van der Waals surface area contributed by atoms with Crippen molar-refractivity contribution >= 4 is 0 Å². The quantitative estimate of drug-likeness (QED) is 0.896. The zero-order chi connectivity index (χ0) is 13.8. The van der Waals surface area contributed by atoms with Gasteiger partial charge in [0.05, 0.1) is 12.7 Å². The molecule has 1 N–H and O–H groups in total. The predicted octanol–water partition coefficient (Wildman–Crippen LogP) is 1.60. The van der Waals surface area contributed by atoms with Crippen molar-refractivity contribution in [2.45, 2.75) is 25.5 Å². The molecule has 2 atom stereocenters. The molecular weight excluding hydrogens is 243 g/mol. The van der Waals surface area contributed by atoms with Crippen LogP contribution in [0.3, 0.4) is 0 Å². The minimum Gasteiger partial charge on any atom is -0.374 e. The topological polar surface area (TPSA) is 24.5 Å². The molecule has 0 radical (unpaired) electrons. The molecule has 2 rings (SSSR count). The summed E-state index contributed by atoms with van der Waals surface area (Å²) in [4.78, 5) is 2.29. The first-order valence-corrected chi connectivity index (χ1v) is 6.82. The second kappa shape index (κ2) is 6.46. The zero-order valence-electron chi connectivity index (χ0n) is 11.9. The summed E-state index contributed by atoms with van der Waals surface area (Å²) in [6.45, 7) is 4.66. The fraction of sp³-hybridized carbons (Fsp3) is 0.600. The van der Waals surface area contributed by atoms with Crippen LogP contribution in [0.5, 0.6) is 0 Å². The summed E-state index contributed by atoms with van der Waals surface area (Å²) in [5.74, 6) is -0.170. The number of ether oxygens (including phenoxy) is 1. The van der Waals surface area contributed by atoms with Crippen molar-refractivity contribution in [1.29, 1.82) is 0 Å². The van der Waals surface area contributed by atoms with Crippen LogP contribution in [0.1, 0.15) is 11.1 Å². The van der Waals surface area contributed by atoms with Crippen molar-refractivity contribution in [1.82, 2.24) is 10.2 Å². The second-order valence-electron chi connectivity index (χ2n) is 5.34. The number of hydrogen-bond acceptors (Lipinski definition) is 3. The number of benzene rings is 1. The van der Waals surface area contributed by atoms with E-state index in [0.717, 1.165) is 31.7 Å². The van der Waals surface area contributed by atoms with Crippen LogP contribution in [0.15, 0.2) is 18.2 Å². The fourth-order valence-corrected chi connectivity index (χ4v) is 2.60. The minimum atomic E-state index is -0.170. The molecule has 19 heavy (non-hydrogen) atoms. The Bertz CT molecular complexity index is 425. The number of nitrogens with zero attached hydrogens (tertiary/aromatic N) is 1. The first-order valence-electron chi connectivity index (χ1n) is 6.82. The van der Waals surface area contributed by atoms with E-state index in [9.17, 15) is 4.39 Å². The molecule has 0 aliphatic carbocycles. The highest BCUT2D eigenvalue weighted by Gasteiger charge is 2.26. The van der Waals surface area contributed by atoms with E-state index in [0.29, 0.717) is 0 Å². The van der Waals surface area contributed by atoms with Crippen LogP contribution in [-0.2, 0) is 11.2 Å². The zero-order valence-corrected chi connectivity index (χ0v) is 11.9. The maximum Gasteiger partial charge on any atom is 0.123 e. The third-order valence-corrected chi connectivity index (χ3v) is 3.86. The van der Waals surface area contributed by atoms with Gasteiger partial charge in [0.1, 0.15) is 5.82 Å². The normalized spacial score (nSPS) is 22.4. The SMILES string of the molecule is CNC(Cc1ccc(F)cc1C)C1CN(C)CCO1. The van der Waals surface area contributed by atoms with Gasteiger partial charge in [-0.15, -0.1) is 0 Å². The second-order valence-corrected chi connectivity index (χ2v) is 5.34. The van der Waals surface area contributed by atoms with Gasteiger partial charge in [-0.05, 0) is 50.7 Å². The molecule has 1 heterocycles. The summed E-state index contributed by atoms with van der Waals surface area (Å²) in [6, 6.07) is 5.26. The predicted molar refractivity (Wildman–Crippen MR) is 74.9 cm³/mol. The number of halogens is 1. The average Bonchev–Trinajstić information content (AvgIpc) is 2.38. The van der Waals surface area contributed by atoms with Gasteiger partial charge in [0.25, 0.3) is 0 Å². The fourth-order valence-electron chi connectivity index (χ4n) is 2.60. The average molecular weight is 266 g/mol. The number of rotatable bonds is 4. The van der Waals surface area contributed by atoms with Crippen molar-refractivity contribution < 1.29 is 9.13 Å². The van der Waals surface area contributed by atoms with Crippen molar-refractivity contribution in [2.75, 3.05) is 33.8 Å². The molecule has 4 heteroatoms. The Morgan fingerprint density at radius 2 is 2.32 bits per heavy atom. The van der Waals surface area contributed by atoms with Crippen LogP contribution in [-0.4, -0.2) is 50.8 Å². The molecule has 0 amide bonds. The molecule has 2 unspecified atom stereocenters. The lowest BCUT2D eigenvalue weighted by molar-refractivity contribution is -0.0372. The standard InChI is InChI=1S/C15H23FN2O/c1-11-8-13(16)5-4-12(11)9-14(17-2)15-10-18(3)6-7-19-15/h4-5,8,14-15,17H,6-7,9-10H2,1-3H3. The molecular formula is C15H23FN2O. The van der Waals surface area contributed by atoms with Crippen molar-refractivity contribution in [2.24, 2.45) is 0 Å². The van der Waals surface area contributed by atoms with E-state index < -0.39 is 0 Å². The van der Waals surface area contributed by atoms with Crippen LogP contribution in [0.4, 0.5) is 4.39 Å². The summed E-state index contributed by atoms with van der Waals surface area (Å²) < 4.78 is 19.0. The van der Waals surface area contributed by atoms with E-state index in [-0.39, 0.29) is 18.0 Å². The van der Waals surface area contributed by atoms with Gasteiger partial charge in [0.15, 0.2) is 0 Å². The highest BCUT2D eigenvalue weighted by atomic mass is 19.1. The lowest BCUT2D eigenvalue weighted by atomic mass is 9.97. The lowest BCUT2D eigenvalue weighted by Crippen LogP contribution is -2.51. The molecule has 1 aromatic rings. The summed E-state index contributed by atoms with van der Waals surface area (Å²) in [7, 11) is 4.08. The summed E-state index contributed by atoms with van der Waals surface area (Å²) in [5, 5.41) is 3.34. The molecule has 1 aromatic carbocycles. The van der Waals surface area contributed by atoms with Crippen molar-refractivity contribution in [3.8, 4) is 0 Å². The molecule has 0 bridgehead atoms. The molecule has 106 valence electrons. The van der Waals surface area contributed by atoms with Gasteiger partial charge < -0.3 is 15.0 Å². The number of morpholine rings is 1. The van der Waals surface area contributed by atoms with E-state index in [1.807, 2.05) is 20.0 Å². The Labute approximate surface area is 114 Å². The maximum absolute atomic E-state index is 13.1. The molecule has 1 aliphatic rings. The van der Waals surface area contributed by atoms with E-state index >= 15 is 0 Å². The third kappa shape index (κ3) is 3.75. The molecule has 0 aromatic heterocycles. The van der Waals surface area contributed by atoms with Crippen LogP contribution in [0.2, 0.25) is 0 Å². The number of nitrogens with one attached hydrogen (secondary N) is 1. The molecule has 1 fully saturated rings. The minimum absolute atomic E-state index is 0.170. The first-order chi connectivity index (χ1) is 9.10. The van der Waals surface area contributed by atoms with E-state index in [1.54, 1.807) is 6.07 Å². The Balaban J connectivity index is 2.05. The first kappa shape index (κ1) is 14.4. The number of likely N-dealkylation sites (N-methyl/N-ethyl adjacent to an activating group) is 2. The van der Waals surface area contributed by atoms with Crippen LogP contribution in [0.25, 0.3) is 0 Å². The van der Waals surface area contributed by atoms with Crippen LogP contribution < -0.4 is 5.32 Å². The molecule has 1 saturated heterocycles. The number of aryl methyl sites for hydroxylation is 1. The highest BCUT2D eigenvalue weighted by Crippen LogP contribution is 2.16. The smallest absolute Gasteiger partial charge is 0.123 e. The molecule has 3 nitrogen and oxygen atoms in total. The summed E-state index contributed by atoms with van der Waals surface area (Å²) in [6.07, 6.45) is 1.05. The Morgan fingerprint density at radius 1 is 1.53 bits per heavy atom. The maximum atomic E-state index is 13.1. The Kier molecular flexibility index (Phi) is 4.91. The summed E-state index contributed by atoms with van der Waals surface area (Å²) >= 11 is 0. The lowest BCUT2D eigenvalue weighted by Gasteiger charge is -2.35. The summed E-state index contributed by atoms with van der Waals surface area (Å²) in [5.41, 5.74) is 2.18. The van der Waals surface area contributed by atoms with E-state index in [4.69, 9.17) is 4.74 Å². The third-order valence-electron chi connectivity index (χ3n) is 3.86. The van der Waals surface area contributed by atoms with Crippen molar-refractivity contribution in [3.63, 3.8) is 0 Å². The largest absolute Gasteiger partial charge is 0.374 e. The number of hydrogen-bond donors (Lipinski definition) is 1. The van der Waals surface area contributed by atoms with Gasteiger partial charge in [-0.1, -0.05) is 6.07 Å². The van der Waals surface area contributed by atoms with Gasteiger partial charge in [0, 0.05) is 19.1 Å². The van der Waals surface area contributed by atoms with Crippen molar-refractivity contribution in [3.05, 3.63) is 35.1 Å². The Morgan fingerprint density at radius 3 is 2.95 bits per heavy atom. The Hall–Kier alpha value is -0.970. The van der Waals surface area contributed by atoms with Gasteiger partial charge in [0.2, 0.25) is 0 Å². The molecule has 1 aliphatic heterocycles. The monoisotopic (exact) mass is 266 g/mol. The van der Waals surface area contributed by atoms with Gasteiger partial charge >= 0.3 is 0 Å². The van der Waals surface area contributed by atoms with Crippen LogP contribution >= 0.6 is 0 Å². The van der Waals surface area contributed by atoms with Gasteiger partial charge in [-0.25, -0.2) is 4.39 Å². The highest BCUT2D eigenvalue weighted by molar-refractivity contribution is 5.27. The van der Waals surface area contributed by atoms with Gasteiger partial charge in [-0.2, -0.15) is 0 Å². The van der Waals surface area contributed by atoms with E-state index in [1.165, 1.54) is 11.6 Å². The van der Waals surface area contributed by atoms with Crippen LogP contribution in [0, 0.1) is 12.7 Å². The van der Waals surface area contributed by atoms with E-state index in [2.05, 4.69) is 17.3 Å². The van der Waals surface area contributed by atoms with Gasteiger partial charge in [-0.3, -0.25) is 0 Å². The molecule has 0 spiro atoms. The molecule has 0 saturated carbocycles.